The van der Waals surface area contributed by atoms with Gasteiger partial charge in [0.25, 0.3) is 0 Å². The fraction of sp³-hybridized carbons (Fsp3) is 0.692. The fourth-order valence-electron chi connectivity index (χ4n) is 1.47. The van der Waals surface area contributed by atoms with Crippen molar-refractivity contribution < 1.29 is 4.74 Å². The largest absolute Gasteiger partial charge is 0.374 e. The second-order valence-corrected chi connectivity index (χ2v) is 4.42. The molecule has 2 N–H and O–H groups in total. The predicted octanol–water partition coefficient (Wildman–Crippen LogP) is 2.66. The molecule has 1 aromatic rings. The third-order valence-corrected chi connectivity index (χ3v) is 2.20. The maximum absolute atomic E-state index is 5.36. The summed E-state index contributed by atoms with van der Waals surface area (Å²) in [6, 6.07) is 2.28. The zero-order valence-corrected chi connectivity index (χ0v) is 11.8. The first-order valence-electron chi connectivity index (χ1n) is 6.61. The van der Waals surface area contributed by atoms with Crippen molar-refractivity contribution >= 4 is 11.6 Å². The second-order valence-electron chi connectivity index (χ2n) is 4.42. The lowest BCUT2D eigenvalue weighted by Gasteiger charge is -2.13. The molecule has 0 spiro atoms. The Morgan fingerprint density at radius 3 is 2.56 bits per heavy atom. The van der Waals surface area contributed by atoms with Crippen LogP contribution in [0.1, 0.15) is 39.9 Å². The maximum Gasteiger partial charge on any atom is 0.158 e. The van der Waals surface area contributed by atoms with Crippen molar-refractivity contribution in [3.63, 3.8) is 0 Å². The molecule has 0 unspecified atom stereocenters. The molecular weight excluding hydrogens is 228 g/mol. The van der Waals surface area contributed by atoms with Gasteiger partial charge in [0.2, 0.25) is 0 Å². The number of nitrogens with zero attached hydrogens (tertiary/aromatic N) is 2. The molecule has 0 radical (unpaired) electrons. The summed E-state index contributed by atoms with van der Waals surface area (Å²) in [5, 5.41) is 6.57. The molecule has 0 bridgehead atoms. The van der Waals surface area contributed by atoms with E-state index in [1.54, 1.807) is 0 Å². The number of aromatic nitrogens is 2. The molecule has 0 aliphatic rings. The first kappa shape index (κ1) is 14.7. The van der Waals surface area contributed by atoms with Crippen molar-refractivity contribution in [2.24, 2.45) is 0 Å². The van der Waals surface area contributed by atoms with Gasteiger partial charge in [0.1, 0.15) is 18.2 Å². The van der Waals surface area contributed by atoms with Crippen molar-refractivity contribution in [3.8, 4) is 0 Å². The third-order valence-electron chi connectivity index (χ3n) is 2.20. The van der Waals surface area contributed by atoms with E-state index in [9.17, 15) is 0 Å². The Morgan fingerprint density at radius 2 is 1.94 bits per heavy atom. The molecule has 1 heterocycles. The highest BCUT2D eigenvalue weighted by molar-refractivity contribution is 5.47. The molecular formula is C13H24N4O. The maximum atomic E-state index is 5.36. The van der Waals surface area contributed by atoms with Gasteiger partial charge in [-0.1, -0.05) is 6.92 Å². The summed E-state index contributed by atoms with van der Waals surface area (Å²) in [4.78, 5) is 8.86. The van der Waals surface area contributed by atoms with Crippen LogP contribution in [0.5, 0.6) is 0 Å². The Hall–Kier alpha value is -1.36. The van der Waals surface area contributed by atoms with E-state index in [-0.39, 0.29) is 0 Å². The molecule has 0 atom stereocenters. The van der Waals surface area contributed by atoms with E-state index in [1.807, 2.05) is 13.0 Å². The normalized spacial score (nSPS) is 10.7. The monoisotopic (exact) mass is 252 g/mol. The fourth-order valence-corrected chi connectivity index (χ4v) is 1.47. The SMILES string of the molecule is CCCNc1cc(NC(C)C)nc(COCC)n1. The van der Waals surface area contributed by atoms with Crippen molar-refractivity contribution in [1.82, 2.24) is 9.97 Å². The van der Waals surface area contributed by atoms with E-state index in [0.29, 0.717) is 25.1 Å². The summed E-state index contributed by atoms with van der Waals surface area (Å²) in [6.07, 6.45) is 1.07. The van der Waals surface area contributed by atoms with Crippen LogP contribution in [-0.2, 0) is 11.3 Å². The second kappa shape index (κ2) is 7.87. The number of rotatable bonds is 8. The van der Waals surface area contributed by atoms with E-state index in [4.69, 9.17) is 4.74 Å². The lowest BCUT2D eigenvalue weighted by Crippen LogP contribution is -2.14. The van der Waals surface area contributed by atoms with Crippen molar-refractivity contribution in [2.75, 3.05) is 23.8 Å². The van der Waals surface area contributed by atoms with Crippen LogP contribution in [0.4, 0.5) is 11.6 Å². The molecule has 1 rings (SSSR count). The van der Waals surface area contributed by atoms with Gasteiger partial charge >= 0.3 is 0 Å². The van der Waals surface area contributed by atoms with Crippen molar-refractivity contribution in [3.05, 3.63) is 11.9 Å². The van der Waals surface area contributed by atoms with E-state index in [1.165, 1.54) is 0 Å². The predicted molar refractivity (Wildman–Crippen MR) is 74.9 cm³/mol. The minimum absolute atomic E-state index is 0.346. The molecule has 0 saturated heterocycles. The minimum Gasteiger partial charge on any atom is -0.374 e. The van der Waals surface area contributed by atoms with Crippen LogP contribution in [0.25, 0.3) is 0 Å². The van der Waals surface area contributed by atoms with Crippen molar-refractivity contribution in [2.45, 2.75) is 46.8 Å². The Labute approximate surface area is 109 Å². The first-order valence-corrected chi connectivity index (χ1v) is 6.61. The van der Waals surface area contributed by atoms with Gasteiger partial charge in [0.05, 0.1) is 0 Å². The molecule has 0 aliphatic carbocycles. The molecule has 102 valence electrons. The highest BCUT2D eigenvalue weighted by Gasteiger charge is 2.05. The molecule has 1 aromatic heterocycles. The molecule has 5 heteroatoms. The van der Waals surface area contributed by atoms with Gasteiger partial charge in [-0.3, -0.25) is 0 Å². The van der Waals surface area contributed by atoms with Gasteiger partial charge in [-0.15, -0.1) is 0 Å². The zero-order valence-electron chi connectivity index (χ0n) is 11.8. The molecule has 0 saturated carbocycles. The number of hydrogen-bond donors (Lipinski definition) is 2. The minimum atomic E-state index is 0.346. The quantitative estimate of drug-likeness (QED) is 0.745. The standard InChI is InChI=1S/C13H24N4O/c1-5-7-14-11-8-12(15-10(3)4)17-13(16-11)9-18-6-2/h8,10H,5-7,9H2,1-4H3,(H2,14,15,16,17). The van der Waals surface area contributed by atoms with E-state index in [2.05, 4.69) is 41.4 Å². The van der Waals surface area contributed by atoms with E-state index in [0.717, 1.165) is 24.6 Å². The lowest BCUT2D eigenvalue weighted by atomic mass is 10.3. The van der Waals surface area contributed by atoms with Crippen LogP contribution < -0.4 is 10.6 Å². The Balaban J connectivity index is 2.81. The Kier molecular flexibility index (Phi) is 6.43. The van der Waals surface area contributed by atoms with Gasteiger partial charge in [-0.2, -0.15) is 0 Å². The van der Waals surface area contributed by atoms with Crippen molar-refractivity contribution in [1.29, 1.82) is 0 Å². The number of nitrogens with one attached hydrogen (secondary N) is 2. The highest BCUT2D eigenvalue weighted by Crippen LogP contribution is 2.13. The number of ether oxygens (including phenoxy) is 1. The number of hydrogen-bond acceptors (Lipinski definition) is 5. The average molecular weight is 252 g/mol. The summed E-state index contributed by atoms with van der Waals surface area (Å²) in [7, 11) is 0. The highest BCUT2D eigenvalue weighted by atomic mass is 16.5. The van der Waals surface area contributed by atoms with Crippen LogP contribution in [0.15, 0.2) is 6.07 Å². The Bertz CT molecular complexity index is 329. The molecule has 18 heavy (non-hydrogen) atoms. The Morgan fingerprint density at radius 1 is 1.22 bits per heavy atom. The first-order chi connectivity index (χ1) is 8.65. The lowest BCUT2D eigenvalue weighted by molar-refractivity contribution is 0.128. The zero-order chi connectivity index (χ0) is 13.4. The van der Waals surface area contributed by atoms with Crippen LogP contribution in [0.3, 0.4) is 0 Å². The summed E-state index contributed by atoms with van der Waals surface area (Å²) in [5.74, 6) is 2.40. The number of anilines is 2. The summed E-state index contributed by atoms with van der Waals surface area (Å²) >= 11 is 0. The smallest absolute Gasteiger partial charge is 0.158 e. The van der Waals surface area contributed by atoms with Gasteiger partial charge in [-0.05, 0) is 27.2 Å². The van der Waals surface area contributed by atoms with Gasteiger partial charge in [0.15, 0.2) is 5.82 Å². The molecule has 5 nitrogen and oxygen atoms in total. The third kappa shape index (κ3) is 5.31. The van der Waals surface area contributed by atoms with E-state index < -0.39 is 0 Å². The van der Waals surface area contributed by atoms with Crippen LogP contribution in [-0.4, -0.2) is 29.2 Å². The van der Waals surface area contributed by atoms with Crippen LogP contribution in [0, 0.1) is 0 Å². The molecule has 0 aliphatic heterocycles. The average Bonchev–Trinajstić information content (AvgIpc) is 2.33. The molecule has 0 amide bonds. The summed E-state index contributed by atoms with van der Waals surface area (Å²) < 4.78 is 5.36. The van der Waals surface area contributed by atoms with Gasteiger partial charge in [-0.25, -0.2) is 9.97 Å². The van der Waals surface area contributed by atoms with E-state index >= 15 is 0 Å². The topological polar surface area (TPSA) is 59.1 Å². The van der Waals surface area contributed by atoms with Crippen LogP contribution in [0.2, 0.25) is 0 Å². The van der Waals surface area contributed by atoms with Gasteiger partial charge < -0.3 is 15.4 Å². The summed E-state index contributed by atoms with van der Waals surface area (Å²) in [6.45, 7) is 10.3. The van der Waals surface area contributed by atoms with Gasteiger partial charge in [0, 0.05) is 25.3 Å². The molecule has 0 fully saturated rings. The van der Waals surface area contributed by atoms with Crippen LogP contribution >= 0.6 is 0 Å². The molecule has 0 aromatic carbocycles. The summed E-state index contributed by atoms with van der Waals surface area (Å²) in [5.41, 5.74) is 0.